The van der Waals surface area contributed by atoms with Crippen LogP contribution in [-0.2, 0) is 6.54 Å². The largest absolute Gasteiger partial charge is 0.476 e. The van der Waals surface area contributed by atoms with E-state index in [0.29, 0.717) is 15.6 Å². The molecule has 0 unspecified atom stereocenters. The van der Waals surface area contributed by atoms with Crippen molar-refractivity contribution in [2.24, 2.45) is 0 Å². The van der Waals surface area contributed by atoms with Crippen molar-refractivity contribution in [2.45, 2.75) is 13.5 Å². The van der Waals surface area contributed by atoms with Crippen molar-refractivity contribution in [2.75, 3.05) is 0 Å². The van der Waals surface area contributed by atoms with E-state index >= 15 is 0 Å². The number of nitrogens with zero attached hydrogens (tertiary/aromatic N) is 1. The number of aromatic carboxylic acids is 1. The van der Waals surface area contributed by atoms with Gasteiger partial charge in [0.2, 0.25) is 0 Å². The smallest absolute Gasteiger partial charge is 0.355 e. The number of rotatable bonds is 4. The van der Waals surface area contributed by atoms with E-state index in [9.17, 15) is 9.59 Å². The molecule has 0 radical (unpaired) electrons. The third-order valence-corrected chi connectivity index (χ3v) is 3.69. The van der Waals surface area contributed by atoms with Gasteiger partial charge in [0.25, 0.3) is 5.91 Å². The van der Waals surface area contributed by atoms with Gasteiger partial charge in [0.05, 0.1) is 6.54 Å². The highest BCUT2D eigenvalue weighted by Gasteiger charge is 2.12. The molecular weight excluding hydrogens is 300 g/mol. The first-order valence-electron chi connectivity index (χ1n) is 5.69. The fourth-order valence-corrected chi connectivity index (χ4v) is 2.56. The Kier molecular flexibility index (Phi) is 4.36. The number of carboxylic acids is 1. The highest BCUT2D eigenvalue weighted by atomic mass is 35.5. The van der Waals surface area contributed by atoms with Crippen LogP contribution >= 0.6 is 22.9 Å². The van der Waals surface area contributed by atoms with E-state index in [1.807, 2.05) is 0 Å². The van der Waals surface area contributed by atoms with Crippen molar-refractivity contribution < 1.29 is 14.7 Å². The van der Waals surface area contributed by atoms with Gasteiger partial charge in [-0.15, -0.1) is 11.3 Å². The maximum Gasteiger partial charge on any atom is 0.355 e. The van der Waals surface area contributed by atoms with Gasteiger partial charge in [-0.3, -0.25) is 4.79 Å². The molecule has 104 valence electrons. The molecule has 1 heterocycles. The number of carbonyl (C=O) groups is 2. The first kappa shape index (κ1) is 14.5. The summed E-state index contributed by atoms with van der Waals surface area (Å²) in [7, 11) is 0. The van der Waals surface area contributed by atoms with Gasteiger partial charge >= 0.3 is 5.97 Å². The van der Waals surface area contributed by atoms with E-state index in [4.69, 9.17) is 16.7 Å². The van der Waals surface area contributed by atoms with Crippen LogP contribution < -0.4 is 5.32 Å². The number of thiazole rings is 1. The number of benzene rings is 1. The Morgan fingerprint density at radius 1 is 1.45 bits per heavy atom. The van der Waals surface area contributed by atoms with Crippen molar-refractivity contribution in [3.63, 3.8) is 0 Å². The summed E-state index contributed by atoms with van der Waals surface area (Å²) < 4.78 is 0. The summed E-state index contributed by atoms with van der Waals surface area (Å²) in [5, 5.41) is 14.0. The van der Waals surface area contributed by atoms with Crippen LogP contribution in [0.25, 0.3) is 0 Å². The molecular formula is C13H11ClN2O3S. The molecule has 0 saturated heterocycles. The Labute approximate surface area is 124 Å². The van der Waals surface area contributed by atoms with Crippen LogP contribution in [0.1, 0.15) is 31.4 Å². The first-order valence-corrected chi connectivity index (χ1v) is 6.95. The zero-order valence-electron chi connectivity index (χ0n) is 10.5. The number of carbonyl (C=O) groups excluding carboxylic acids is 1. The predicted molar refractivity (Wildman–Crippen MR) is 76.4 cm³/mol. The van der Waals surface area contributed by atoms with Crippen LogP contribution in [0.15, 0.2) is 23.6 Å². The quantitative estimate of drug-likeness (QED) is 0.910. The second-order valence-corrected chi connectivity index (χ2v) is 5.45. The van der Waals surface area contributed by atoms with Gasteiger partial charge in [-0.2, -0.15) is 0 Å². The van der Waals surface area contributed by atoms with E-state index in [0.717, 1.165) is 5.56 Å². The zero-order chi connectivity index (χ0) is 14.7. The third-order valence-electron chi connectivity index (χ3n) is 2.60. The van der Waals surface area contributed by atoms with E-state index in [2.05, 4.69) is 10.3 Å². The van der Waals surface area contributed by atoms with E-state index in [1.165, 1.54) is 16.7 Å². The lowest BCUT2D eigenvalue weighted by Gasteiger charge is -2.06. The van der Waals surface area contributed by atoms with Crippen molar-refractivity contribution in [1.82, 2.24) is 10.3 Å². The Hall–Kier alpha value is -1.92. The number of aromatic nitrogens is 1. The molecule has 0 aliphatic rings. The van der Waals surface area contributed by atoms with E-state index in [1.54, 1.807) is 25.1 Å². The lowest BCUT2D eigenvalue weighted by Crippen LogP contribution is -2.23. The van der Waals surface area contributed by atoms with Gasteiger partial charge in [-0.1, -0.05) is 11.6 Å². The minimum atomic E-state index is -1.08. The van der Waals surface area contributed by atoms with Crippen molar-refractivity contribution >= 4 is 34.8 Å². The normalized spacial score (nSPS) is 10.3. The van der Waals surface area contributed by atoms with Gasteiger partial charge < -0.3 is 10.4 Å². The number of aryl methyl sites for hydroxylation is 1. The topological polar surface area (TPSA) is 79.3 Å². The van der Waals surface area contributed by atoms with Crippen molar-refractivity contribution in [1.29, 1.82) is 0 Å². The van der Waals surface area contributed by atoms with Crippen LogP contribution in [0.2, 0.25) is 5.02 Å². The number of amides is 1. The minimum absolute atomic E-state index is 0.0121. The molecule has 0 bridgehead atoms. The molecule has 2 rings (SSSR count). The number of hydrogen-bond acceptors (Lipinski definition) is 4. The Morgan fingerprint density at radius 3 is 2.80 bits per heavy atom. The Balaban J connectivity index is 2.02. The highest BCUT2D eigenvalue weighted by molar-refractivity contribution is 7.09. The summed E-state index contributed by atoms with van der Waals surface area (Å²) >= 11 is 7.03. The molecule has 0 saturated carbocycles. The summed E-state index contributed by atoms with van der Waals surface area (Å²) in [5.74, 6) is -1.32. The number of carboxylic acid groups (broad SMARTS) is 1. The fraction of sp³-hybridized carbons (Fsp3) is 0.154. The summed E-state index contributed by atoms with van der Waals surface area (Å²) in [5.41, 5.74) is 1.30. The minimum Gasteiger partial charge on any atom is -0.476 e. The number of nitrogens with one attached hydrogen (secondary N) is 1. The Morgan fingerprint density at radius 2 is 2.20 bits per heavy atom. The van der Waals surface area contributed by atoms with Crippen molar-refractivity contribution in [3.05, 3.63) is 50.4 Å². The Bertz CT molecular complexity index is 669. The molecule has 1 aromatic carbocycles. The standard InChI is InChI=1S/C13H11ClN2O3S/c1-7-4-8(14)2-3-9(7)12(17)15-5-11-16-10(6-20-11)13(18)19/h2-4,6H,5H2,1H3,(H,15,17)(H,18,19). The zero-order valence-corrected chi connectivity index (χ0v) is 12.1. The van der Waals surface area contributed by atoms with Gasteiger partial charge in [0.1, 0.15) is 5.01 Å². The summed E-state index contributed by atoms with van der Waals surface area (Å²) in [6.45, 7) is 1.99. The molecule has 2 N–H and O–H groups in total. The first-order chi connectivity index (χ1) is 9.47. The summed E-state index contributed by atoms with van der Waals surface area (Å²) in [6.07, 6.45) is 0. The molecule has 0 fully saturated rings. The van der Waals surface area contributed by atoms with E-state index < -0.39 is 5.97 Å². The molecule has 0 atom stereocenters. The molecule has 5 nitrogen and oxygen atoms in total. The van der Waals surface area contributed by atoms with Crippen LogP contribution in [0.5, 0.6) is 0 Å². The van der Waals surface area contributed by atoms with Crippen LogP contribution in [0, 0.1) is 6.92 Å². The number of halogens is 1. The van der Waals surface area contributed by atoms with Gasteiger partial charge in [0.15, 0.2) is 5.69 Å². The lowest BCUT2D eigenvalue weighted by atomic mass is 10.1. The maximum atomic E-state index is 12.0. The van der Waals surface area contributed by atoms with Gasteiger partial charge in [-0.25, -0.2) is 9.78 Å². The summed E-state index contributed by atoms with van der Waals surface area (Å²) in [6, 6.07) is 5.01. The molecule has 0 aliphatic heterocycles. The van der Waals surface area contributed by atoms with Crippen LogP contribution in [0.3, 0.4) is 0 Å². The van der Waals surface area contributed by atoms with Gasteiger partial charge in [0, 0.05) is 16.0 Å². The molecule has 7 heteroatoms. The lowest BCUT2D eigenvalue weighted by molar-refractivity contribution is 0.0691. The molecule has 2 aromatic rings. The van der Waals surface area contributed by atoms with Crippen LogP contribution in [0.4, 0.5) is 0 Å². The second-order valence-electron chi connectivity index (χ2n) is 4.07. The molecule has 0 spiro atoms. The fourth-order valence-electron chi connectivity index (χ4n) is 1.62. The van der Waals surface area contributed by atoms with Crippen molar-refractivity contribution in [3.8, 4) is 0 Å². The molecule has 20 heavy (non-hydrogen) atoms. The average molecular weight is 311 g/mol. The van der Waals surface area contributed by atoms with Gasteiger partial charge in [-0.05, 0) is 30.7 Å². The average Bonchev–Trinajstić information content (AvgIpc) is 2.85. The molecule has 0 aliphatic carbocycles. The highest BCUT2D eigenvalue weighted by Crippen LogP contribution is 2.15. The molecule has 1 aromatic heterocycles. The second kappa shape index (κ2) is 6.02. The monoisotopic (exact) mass is 310 g/mol. The maximum absolute atomic E-state index is 12.0. The third kappa shape index (κ3) is 3.34. The molecule has 1 amide bonds. The summed E-state index contributed by atoms with van der Waals surface area (Å²) in [4.78, 5) is 26.6. The van der Waals surface area contributed by atoms with E-state index in [-0.39, 0.29) is 18.1 Å². The van der Waals surface area contributed by atoms with Crippen LogP contribution in [-0.4, -0.2) is 22.0 Å². The SMILES string of the molecule is Cc1cc(Cl)ccc1C(=O)NCc1nc(C(=O)O)cs1. The predicted octanol–water partition coefficient (Wildman–Crippen LogP) is 2.73. The number of hydrogen-bond donors (Lipinski definition) is 2.